The minimum Gasteiger partial charge on any atom is -0.327 e. The van der Waals surface area contributed by atoms with Crippen LogP contribution in [-0.2, 0) is 5.75 Å². The largest absolute Gasteiger partial charge is 0.327 e. The summed E-state index contributed by atoms with van der Waals surface area (Å²) in [6.07, 6.45) is 0. The van der Waals surface area contributed by atoms with Crippen molar-refractivity contribution in [2.75, 3.05) is 5.75 Å². The standard InChI is InChI=1S/C10H15NS/c1-9(11)7-12-8-10-5-3-2-4-6-10/h2-6,9H,7-8,11H2,1H3. The molecule has 0 saturated carbocycles. The van der Waals surface area contributed by atoms with Crippen molar-refractivity contribution < 1.29 is 0 Å². The molecule has 0 aromatic heterocycles. The maximum Gasteiger partial charge on any atom is 0.0185 e. The summed E-state index contributed by atoms with van der Waals surface area (Å²) in [5, 5.41) is 0. The second-order valence-electron chi connectivity index (χ2n) is 2.98. The molecule has 1 atom stereocenters. The van der Waals surface area contributed by atoms with Gasteiger partial charge >= 0.3 is 0 Å². The zero-order valence-corrected chi connectivity index (χ0v) is 8.18. The average molecular weight is 181 g/mol. The fourth-order valence-electron chi connectivity index (χ4n) is 0.937. The Balaban J connectivity index is 2.25. The van der Waals surface area contributed by atoms with Crippen molar-refractivity contribution in [3.8, 4) is 0 Å². The fraction of sp³-hybridized carbons (Fsp3) is 0.400. The molecule has 0 radical (unpaired) electrons. The van der Waals surface area contributed by atoms with Crippen LogP contribution < -0.4 is 5.73 Å². The van der Waals surface area contributed by atoms with Crippen LogP contribution in [0.4, 0.5) is 0 Å². The summed E-state index contributed by atoms with van der Waals surface area (Å²) in [6, 6.07) is 10.8. The van der Waals surface area contributed by atoms with E-state index in [0.717, 1.165) is 11.5 Å². The Morgan fingerprint density at radius 2 is 2.00 bits per heavy atom. The van der Waals surface area contributed by atoms with E-state index in [2.05, 4.69) is 24.3 Å². The van der Waals surface area contributed by atoms with E-state index in [9.17, 15) is 0 Å². The zero-order chi connectivity index (χ0) is 8.81. The molecule has 1 nitrogen and oxygen atoms in total. The molecule has 0 aliphatic carbocycles. The van der Waals surface area contributed by atoms with Crippen molar-refractivity contribution in [2.24, 2.45) is 5.73 Å². The van der Waals surface area contributed by atoms with Gasteiger partial charge in [0.15, 0.2) is 0 Å². The van der Waals surface area contributed by atoms with Crippen LogP contribution in [0.5, 0.6) is 0 Å². The summed E-state index contributed by atoms with van der Waals surface area (Å²) in [5.41, 5.74) is 7.01. The van der Waals surface area contributed by atoms with Gasteiger partial charge in [0.25, 0.3) is 0 Å². The number of hydrogen-bond acceptors (Lipinski definition) is 2. The first-order chi connectivity index (χ1) is 5.79. The van der Waals surface area contributed by atoms with E-state index in [-0.39, 0.29) is 0 Å². The number of rotatable bonds is 4. The predicted molar refractivity (Wildman–Crippen MR) is 56.3 cm³/mol. The molecule has 0 fully saturated rings. The van der Waals surface area contributed by atoms with E-state index in [1.807, 2.05) is 24.8 Å². The molecule has 12 heavy (non-hydrogen) atoms. The summed E-state index contributed by atoms with van der Waals surface area (Å²) in [7, 11) is 0. The first kappa shape index (κ1) is 9.62. The Kier molecular flexibility index (Phi) is 4.19. The molecule has 2 heteroatoms. The highest BCUT2D eigenvalue weighted by molar-refractivity contribution is 7.98. The summed E-state index contributed by atoms with van der Waals surface area (Å²) >= 11 is 1.89. The Bertz CT molecular complexity index is 208. The number of benzene rings is 1. The van der Waals surface area contributed by atoms with Crippen LogP contribution in [0.25, 0.3) is 0 Å². The topological polar surface area (TPSA) is 26.0 Å². The van der Waals surface area contributed by atoms with Gasteiger partial charge in [0.05, 0.1) is 0 Å². The van der Waals surface area contributed by atoms with E-state index < -0.39 is 0 Å². The van der Waals surface area contributed by atoms with Gasteiger partial charge in [-0.25, -0.2) is 0 Å². The first-order valence-corrected chi connectivity index (χ1v) is 5.32. The van der Waals surface area contributed by atoms with Gasteiger partial charge in [-0.3, -0.25) is 0 Å². The molecule has 1 rings (SSSR count). The van der Waals surface area contributed by atoms with Crippen LogP contribution in [-0.4, -0.2) is 11.8 Å². The van der Waals surface area contributed by atoms with Gasteiger partial charge in [0.1, 0.15) is 0 Å². The average Bonchev–Trinajstić information content (AvgIpc) is 2.05. The predicted octanol–water partition coefficient (Wildman–Crippen LogP) is 2.27. The molecule has 1 aromatic rings. The van der Waals surface area contributed by atoms with Crippen LogP contribution in [0.3, 0.4) is 0 Å². The Morgan fingerprint density at radius 1 is 1.33 bits per heavy atom. The normalized spacial score (nSPS) is 12.8. The van der Waals surface area contributed by atoms with E-state index in [1.54, 1.807) is 0 Å². The fourth-order valence-corrected chi connectivity index (χ4v) is 1.85. The zero-order valence-electron chi connectivity index (χ0n) is 7.36. The van der Waals surface area contributed by atoms with Crippen LogP contribution in [0.1, 0.15) is 12.5 Å². The lowest BCUT2D eigenvalue weighted by Gasteiger charge is -2.03. The van der Waals surface area contributed by atoms with Gasteiger partial charge < -0.3 is 5.73 Å². The van der Waals surface area contributed by atoms with Gasteiger partial charge in [-0.05, 0) is 12.5 Å². The van der Waals surface area contributed by atoms with Crippen molar-refractivity contribution in [1.82, 2.24) is 0 Å². The second kappa shape index (κ2) is 5.22. The van der Waals surface area contributed by atoms with Crippen molar-refractivity contribution in [3.05, 3.63) is 35.9 Å². The molecule has 0 aliphatic heterocycles. The lowest BCUT2D eigenvalue weighted by Crippen LogP contribution is -2.17. The van der Waals surface area contributed by atoms with Gasteiger partial charge in [-0.2, -0.15) is 11.8 Å². The molecule has 1 aromatic carbocycles. The first-order valence-electron chi connectivity index (χ1n) is 4.16. The van der Waals surface area contributed by atoms with E-state index in [4.69, 9.17) is 5.73 Å². The monoisotopic (exact) mass is 181 g/mol. The molecule has 2 N–H and O–H groups in total. The maximum absolute atomic E-state index is 5.64. The van der Waals surface area contributed by atoms with Crippen molar-refractivity contribution in [2.45, 2.75) is 18.7 Å². The van der Waals surface area contributed by atoms with Crippen LogP contribution >= 0.6 is 11.8 Å². The molecule has 0 heterocycles. The smallest absolute Gasteiger partial charge is 0.0185 e. The Morgan fingerprint density at radius 3 is 2.58 bits per heavy atom. The summed E-state index contributed by atoms with van der Waals surface area (Å²) in [6.45, 7) is 2.04. The summed E-state index contributed by atoms with van der Waals surface area (Å²) in [4.78, 5) is 0. The van der Waals surface area contributed by atoms with E-state index in [1.165, 1.54) is 5.56 Å². The highest BCUT2D eigenvalue weighted by atomic mass is 32.2. The van der Waals surface area contributed by atoms with E-state index in [0.29, 0.717) is 6.04 Å². The lowest BCUT2D eigenvalue weighted by molar-refractivity contribution is 0.847. The molecule has 0 amide bonds. The molecule has 1 unspecified atom stereocenters. The highest BCUT2D eigenvalue weighted by Gasteiger charge is 1.95. The van der Waals surface area contributed by atoms with Gasteiger partial charge in [-0.15, -0.1) is 0 Å². The Labute approximate surface area is 78.4 Å². The minimum absolute atomic E-state index is 0.304. The third-order valence-electron chi connectivity index (χ3n) is 1.49. The minimum atomic E-state index is 0.304. The van der Waals surface area contributed by atoms with E-state index >= 15 is 0 Å². The van der Waals surface area contributed by atoms with Crippen LogP contribution in [0.2, 0.25) is 0 Å². The second-order valence-corrected chi connectivity index (χ2v) is 4.01. The molecule has 0 aliphatic rings. The third kappa shape index (κ3) is 3.79. The maximum atomic E-state index is 5.64. The van der Waals surface area contributed by atoms with Gasteiger partial charge in [0.2, 0.25) is 0 Å². The SMILES string of the molecule is CC(N)CSCc1ccccc1. The number of nitrogens with two attached hydrogens (primary N) is 1. The Hall–Kier alpha value is -0.470. The quantitative estimate of drug-likeness (QED) is 0.771. The van der Waals surface area contributed by atoms with Gasteiger partial charge in [0, 0.05) is 17.5 Å². The van der Waals surface area contributed by atoms with Crippen molar-refractivity contribution in [3.63, 3.8) is 0 Å². The van der Waals surface area contributed by atoms with Crippen molar-refractivity contribution >= 4 is 11.8 Å². The molecular weight excluding hydrogens is 166 g/mol. The lowest BCUT2D eigenvalue weighted by atomic mass is 10.2. The summed E-state index contributed by atoms with van der Waals surface area (Å²) in [5.74, 6) is 2.11. The highest BCUT2D eigenvalue weighted by Crippen LogP contribution is 2.11. The van der Waals surface area contributed by atoms with Crippen LogP contribution in [0, 0.1) is 0 Å². The molecular formula is C10H15NS. The molecule has 0 spiro atoms. The molecule has 66 valence electrons. The number of thioether (sulfide) groups is 1. The molecule has 0 saturated heterocycles. The van der Waals surface area contributed by atoms with Crippen LogP contribution in [0.15, 0.2) is 30.3 Å². The number of hydrogen-bond donors (Lipinski definition) is 1. The summed E-state index contributed by atoms with van der Waals surface area (Å²) < 4.78 is 0. The van der Waals surface area contributed by atoms with Gasteiger partial charge in [-0.1, -0.05) is 30.3 Å². The third-order valence-corrected chi connectivity index (χ3v) is 2.79. The molecule has 0 bridgehead atoms. The van der Waals surface area contributed by atoms with Crippen molar-refractivity contribution in [1.29, 1.82) is 0 Å².